The maximum atomic E-state index is 13.5. The maximum Gasteiger partial charge on any atom is 0.254 e. The van der Waals surface area contributed by atoms with Crippen LogP contribution in [0.2, 0.25) is 0 Å². The second kappa shape index (κ2) is 8.45. The molecule has 0 bridgehead atoms. The average Bonchev–Trinajstić information content (AvgIpc) is 2.99. The smallest absolute Gasteiger partial charge is 0.254 e. The van der Waals surface area contributed by atoms with Gasteiger partial charge in [0.25, 0.3) is 5.91 Å². The van der Waals surface area contributed by atoms with Gasteiger partial charge in [-0.1, -0.05) is 46.3 Å². The molecule has 6 nitrogen and oxygen atoms in total. The molecule has 8 heteroatoms. The first kappa shape index (κ1) is 21.0. The molecule has 0 aliphatic carbocycles. The van der Waals surface area contributed by atoms with Crippen molar-refractivity contribution in [1.29, 1.82) is 0 Å². The van der Waals surface area contributed by atoms with Gasteiger partial charge in [-0.15, -0.1) is 0 Å². The van der Waals surface area contributed by atoms with Gasteiger partial charge in [0.2, 0.25) is 10.0 Å². The van der Waals surface area contributed by atoms with Gasteiger partial charge in [0, 0.05) is 41.6 Å². The number of pyridine rings is 1. The Bertz CT molecular complexity index is 1200. The molecule has 156 valence electrons. The summed E-state index contributed by atoms with van der Waals surface area (Å²) in [6.07, 6.45) is 1.83. The van der Waals surface area contributed by atoms with E-state index in [9.17, 15) is 13.2 Å². The van der Waals surface area contributed by atoms with Gasteiger partial charge in [-0.3, -0.25) is 4.79 Å². The summed E-state index contributed by atoms with van der Waals surface area (Å²) in [6.45, 7) is 1.64. The van der Waals surface area contributed by atoms with Crippen LogP contribution in [0, 0.1) is 0 Å². The largest absolute Gasteiger partial charge is 0.337 e. The molecule has 1 saturated heterocycles. The number of hydrogen-bond donors (Lipinski definition) is 0. The van der Waals surface area contributed by atoms with Crippen LogP contribution in [0.4, 0.5) is 0 Å². The molecule has 30 heavy (non-hydrogen) atoms. The average molecular weight is 488 g/mol. The van der Waals surface area contributed by atoms with E-state index >= 15 is 0 Å². The molecule has 0 atom stereocenters. The summed E-state index contributed by atoms with van der Waals surface area (Å²) in [6, 6.07) is 17.3. The Morgan fingerprint density at radius 2 is 1.73 bits per heavy atom. The number of carbonyl (C=O) groups is 1. The van der Waals surface area contributed by atoms with Crippen molar-refractivity contribution < 1.29 is 13.2 Å². The van der Waals surface area contributed by atoms with Crippen LogP contribution in [0.5, 0.6) is 0 Å². The molecule has 2 heterocycles. The normalized spacial score (nSPS) is 15.9. The first-order valence-corrected chi connectivity index (χ1v) is 12.4. The zero-order valence-corrected chi connectivity index (χ0v) is 19.0. The van der Waals surface area contributed by atoms with Crippen LogP contribution in [0.3, 0.4) is 0 Å². The van der Waals surface area contributed by atoms with E-state index in [0.29, 0.717) is 38.2 Å². The molecule has 0 spiro atoms. The maximum absolute atomic E-state index is 13.5. The minimum atomic E-state index is -3.26. The molecule has 1 aliphatic rings. The number of halogens is 1. The van der Waals surface area contributed by atoms with Gasteiger partial charge in [0.15, 0.2) is 0 Å². The number of sulfonamides is 1. The number of benzene rings is 2. The summed E-state index contributed by atoms with van der Waals surface area (Å²) in [7, 11) is -3.26. The van der Waals surface area contributed by atoms with Crippen LogP contribution >= 0.6 is 15.9 Å². The van der Waals surface area contributed by atoms with E-state index < -0.39 is 10.0 Å². The van der Waals surface area contributed by atoms with Gasteiger partial charge < -0.3 is 4.90 Å². The minimum absolute atomic E-state index is 0.0951. The highest BCUT2D eigenvalue weighted by Crippen LogP contribution is 2.27. The van der Waals surface area contributed by atoms with E-state index in [0.717, 1.165) is 26.6 Å². The Labute approximate surface area is 184 Å². The molecule has 2 aromatic carbocycles. The van der Waals surface area contributed by atoms with Crippen LogP contribution in [0.25, 0.3) is 22.2 Å². The van der Waals surface area contributed by atoms with Crippen LogP contribution in [-0.4, -0.2) is 60.9 Å². The lowest BCUT2D eigenvalue weighted by atomic mass is 10.0. The number of fused-ring (bicyclic) bond motifs is 1. The van der Waals surface area contributed by atoms with Crippen LogP contribution in [0.15, 0.2) is 59.1 Å². The van der Waals surface area contributed by atoms with E-state index in [-0.39, 0.29) is 5.91 Å². The number of hydrogen-bond acceptors (Lipinski definition) is 4. The fourth-order valence-electron chi connectivity index (χ4n) is 3.72. The standard InChI is InChI=1S/C22H22BrN3O3S/c1-30(28,29)26-12-4-11-25(13-14-26)22(27)19-15-21(16-7-9-17(23)10-8-16)24-20-6-3-2-5-18(19)20/h2-3,5-10,15H,4,11-14H2,1H3. The van der Waals surface area contributed by atoms with E-state index in [1.165, 1.54) is 10.6 Å². The van der Waals surface area contributed by atoms with Gasteiger partial charge in [-0.25, -0.2) is 17.7 Å². The summed E-state index contributed by atoms with van der Waals surface area (Å²) < 4.78 is 26.2. The van der Waals surface area contributed by atoms with Crippen LogP contribution in [-0.2, 0) is 10.0 Å². The molecule has 1 aromatic heterocycles. The SMILES string of the molecule is CS(=O)(=O)N1CCCN(C(=O)c2cc(-c3ccc(Br)cc3)nc3ccccc23)CC1. The zero-order valence-electron chi connectivity index (χ0n) is 16.6. The van der Waals surface area contributed by atoms with E-state index in [4.69, 9.17) is 4.98 Å². The van der Waals surface area contributed by atoms with Crippen LogP contribution < -0.4 is 0 Å². The quantitative estimate of drug-likeness (QED) is 0.563. The molecule has 0 radical (unpaired) electrons. The Hall–Kier alpha value is -2.29. The Morgan fingerprint density at radius 1 is 1.00 bits per heavy atom. The van der Waals surface area contributed by atoms with Crippen molar-refractivity contribution in [2.45, 2.75) is 6.42 Å². The van der Waals surface area contributed by atoms with Crippen LogP contribution in [0.1, 0.15) is 16.8 Å². The van der Waals surface area contributed by atoms with Gasteiger partial charge >= 0.3 is 0 Å². The Balaban J connectivity index is 1.72. The number of amides is 1. The van der Waals surface area contributed by atoms with Gasteiger partial charge in [-0.05, 0) is 30.7 Å². The van der Waals surface area contributed by atoms with Gasteiger partial charge in [0.05, 0.1) is 23.0 Å². The third-order valence-electron chi connectivity index (χ3n) is 5.30. The van der Waals surface area contributed by atoms with Crippen molar-refractivity contribution in [3.8, 4) is 11.3 Å². The monoisotopic (exact) mass is 487 g/mol. The predicted octanol–water partition coefficient (Wildman–Crippen LogP) is 3.77. The highest BCUT2D eigenvalue weighted by molar-refractivity contribution is 9.10. The van der Waals surface area contributed by atoms with E-state index in [2.05, 4.69) is 15.9 Å². The zero-order chi connectivity index (χ0) is 21.3. The molecule has 1 aliphatic heterocycles. The lowest BCUT2D eigenvalue weighted by Crippen LogP contribution is -2.37. The number of aromatic nitrogens is 1. The fraction of sp³-hybridized carbons (Fsp3) is 0.273. The highest BCUT2D eigenvalue weighted by atomic mass is 79.9. The molecule has 3 aromatic rings. The van der Waals surface area contributed by atoms with Crippen molar-refractivity contribution in [2.24, 2.45) is 0 Å². The van der Waals surface area contributed by atoms with Crippen molar-refractivity contribution in [1.82, 2.24) is 14.2 Å². The predicted molar refractivity (Wildman–Crippen MR) is 122 cm³/mol. The van der Waals surface area contributed by atoms with Crippen molar-refractivity contribution in [3.63, 3.8) is 0 Å². The second-order valence-electron chi connectivity index (χ2n) is 7.39. The molecule has 0 unspecified atom stereocenters. The first-order valence-electron chi connectivity index (χ1n) is 9.73. The summed E-state index contributed by atoms with van der Waals surface area (Å²) in [4.78, 5) is 20.0. The van der Waals surface area contributed by atoms with Gasteiger partial charge in [-0.2, -0.15) is 0 Å². The summed E-state index contributed by atoms with van der Waals surface area (Å²) in [5.74, 6) is -0.0951. The summed E-state index contributed by atoms with van der Waals surface area (Å²) in [5.41, 5.74) is 3.01. The number of para-hydroxylation sites is 1. The third-order valence-corrected chi connectivity index (χ3v) is 7.13. The van der Waals surface area contributed by atoms with Crippen molar-refractivity contribution in [3.05, 3.63) is 64.6 Å². The Morgan fingerprint density at radius 3 is 2.47 bits per heavy atom. The molecular formula is C22H22BrN3O3S. The number of carbonyl (C=O) groups excluding carboxylic acids is 1. The molecule has 1 fully saturated rings. The topological polar surface area (TPSA) is 70.6 Å². The number of rotatable bonds is 3. The molecule has 0 N–H and O–H groups in total. The molecule has 4 rings (SSSR count). The summed E-state index contributed by atoms with van der Waals surface area (Å²) in [5, 5.41) is 0.799. The highest BCUT2D eigenvalue weighted by Gasteiger charge is 2.26. The number of nitrogens with zero attached hydrogens (tertiary/aromatic N) is 3. The molecule has 0 saturated carbocycles. The minimum Gasteiger partial charge on any atom is -0.337 e. The lowest BCUT2D eigenvalue weighted by Gasteiger charge is -2.22. The van der Waals surface area contributed by atoms with Crippen molar-refractivity contribution in [2.75, 3.05) is 32.4 Å². The van der Waals surface area contributed by atoms with Crippen molar-refractivity contribution >= 4 is 42.8 Å². The third kappa shape index (κ3) is 4.40. The summed E-state index contributed by atoms with van der Waals surface area (Å²) >= 11 is 3.45. The van der Waals surface area contributed by atoms with E-state index in [1.54, 1.807) is 4.90 Å². The fourth-order valence-corrected chi connectivity index (χ4v) is 4.86. The van der Waals surface area contributed by atoms with E-state index in [1.807, 2.05) is 54.6 Å². The second-order valence-corrected chi connectivity index (χ2v) is 10.3. The van der Waals surface area contributed by atoms with Gasteiger partial charge in [0.1, 0.15) is 0 Å². The molecule has 1 amide bonds. The molecular weight excluding hydrogens is 466 g/mol. The lowest BCUT2D eigenvalue weighted by molar-refractivity contribution is 0.0766. The Kier molecular flexibility index (Phi) is 5.90. The first-order chi connectivity index (χ1) is 14.3.